The van der Waals surface area contributed by atoms with Gasteiger partial charge in [0, 0.05) is 18.5 Å². The summed E-state index contributed by atoms with van der Waals surface area (Å²) in [5.74, 6) is -1.00. The molecule has 0 saturated heterocycles. The number of urea groups is 1. The molecule has 0 aliphatic heterocycles. The first-order chi connectivity index (χ1) is 12.0. The van der Waals surface area contributed by atoms with Gasteiger partial charge in [-0.3, -0.25) is 10.1 Å². The van der Waals surface area contributed by atoms with Crippen LogP contribution < -0.4 is 10.6 Å². The van der Waals surface area contributed by atoms with Crippen LogP contribution in [0.15, 0.2) is 5.38 Å². The van der Waals surface area contributed by atoms with Crippen LogP contribution in [0.4, 0.5) is 4.79 Å². The molecule has 9 heteroatoms. The van der Waals surface area contributed by atoms with Crippen molar-refractivity contribution in [2.24, 2.45) is 5.92 Å². The molecule has 3 amide bonds. The summed E-state index contributed by atoms with van der Waals surface area (Å²) in [7, 11) is 1.53. The maximum Gasteiger partial charge on any atom is 0.358 e. The number of imide groups is 1. The molecule has 25 heavy (non-hydrogen) atoms. The van der Waals surface area contributed by atoms with Crippen LogP contribution in [0.25, 0.3) is 0 Å². The first kappa shape index (κ1) is 19.3. The molecule has 0 radical (unpaired) electrons. The molecule has 2 atom stereocenters. The summed E-state index contributed by atoms with van der Waals surface area (Å²) in [6.45, 7) is 1.85. The minimum atomic E-state index is -0.713. The summed E-state index contributed by atoms with van der Waals surface area (Å²) in [4.78, 5) is 39.4. The third kappa shape index (κ3) is 6.09. The first-order valence-electron chi connectivity index (χ1n) is 8.20. The van der Waals surface area contributed by atoms with Crippen molar-refractivity contribution >= 4 is 29.2 Å². The summed E-state index contributed by atoms with van der Waals surface area (Å²) >= 11 is 1.27. The number of hydrogen-bond acceptors (Lipinski definition) is 7. The number of hydrogen-bond donors (Lipinski definition) is 2. The monoisotopic (exact) mass is 369 g/mol. The predicted molar refractivity (Wildman–Crippen MR) is 91.2 cm³/mol. The van der Waals surface area contributed by atoms with Crippen molar-refractivity contribution in [2.45, 2.75) is 45.3 Å². The average molecular weight is 369 g/mol. The minimum Gasteiger partial charge on any atom is -0.451 e. The van der Waals surface area contributed by atoms with E-state index in [0.717, 1.165) is 19.3 Å². The molecular formula is C16H23N3O5S. The number of nitrogens with one attached hydrogen (secondary N) is 2. The zero-order valence-electron chi connectivity index (χ0n) is 14.4. The van der Waals surface area contributed by atoms with E-state index in [1.165, 1.54) is 30.2 Å². The Labute approximate surface area is 150 Å². The van der Waals surface area contributed by atoms with Crippen LogP contribution in [-0.4, -0.2) is 42.7 Å². The van der Waals surface area contributed by atoms with Crippen molar-refractivity contribution < 1.29 is 23.9 Å². The van der Waals surface area contributed by atoms with Gasteiger partial charge in [-0.1, -0.05) is 19.8 Å². The first-order valence-corrected chi connectivity index (χ1v) is 9.08. The molecule has 0 spiro atoms. The van der Waals surface area contributed by atoms with Gasteiger partial charge in [0.2, 0.25) is 0 Å². The minimum absolute atomic E-state index is 0.0679. The fraction of sp³-hybridized carbons (Fsp3) is 0.625. The van der Waals surface area contributed by atoms with Crippen molar-refractivity contribution in [3.63, 3.8) is 0 Å². The van der Waals surface area contributed by atoms with Crippen molar-refractivity contribution in [3.8, 4) is 0 Å². The van der Waals surface area contributed by atoms with Gasteiger partial charge in [-0.25, -0.2) is 14.6 Å². The Bertz CT molecular complexity index is 619. The second-order valence-electron chi connectivity index (χ2n) is 6.03. The van der Waals surface area contributed by atoms with Crippen LogP contribution in [0.3, 0.4) is 0 Å². The Morgan fingerprint density at radius 3 is 2.80 bits per heavy atom. The largest absolute Gasteiger partial charge is 0.451 e. The Kier molecular flexibility index (Phi) is 7.32. The third-order valence-electron chi connectivity index (χ3n) is 4.04. The lowest BCUT2D eigenvalue weighted by molar-refractivity contribution is -0.123. The van der Waals surface area contributed by atoms with Gasteiger partial charge in [0.15, 0.2) is 12.3 Å². The molecule has 2 unspecified atom stereocenters. The van der Waals surface area contributed by atoms with Gasteiger partial charge >= 0.3 is 12.0 Å². The Balaban J connectivity index is 1.72. The highest BCUT2D eigenvalue weighted by atomic mass is 32.1. The van der Waals surface area contributed by atoms with E-state index in [1.54, 1.807) is 0 Å². The van der Waals surface area contributed by atoms with Gasteiger partial charge in [0.05, 0.1) is 6.61 Å². The molecule has 1 fully saturated rings. The molecule has 138 valence electrons. The number of amides is 3. The molecule has 0 aromatic carbocycles. The van der Waals surface area contributed by atoms with Crippen molar-refractivity contribution in [1.82, 2.24) is 15.6 Å². The molecule has 1 aromatic heterocycles. The van der Waals surface area contributed by atoms with E-state index in [9.17, 15) is 14.4 Å². The Morgan fingerprint density at radius 1 is 1.32 bits per heavy atom. The van der Waals surface area contributed by atoms with Crippen molar-refractivity contribution in [2.75, 3.05) is 13.7 Å². The average Bonchev–Trinajstić information content (AvgIpc) is 3.04. The topological polar surface area (TPSA) is 107 Å². The van der Waals surface area contributed by atoms with Crippen LogP contribution in [0.2, 0.25) is 0 Å². The number of rotatable bonds is 6. The number of thiazole rings is 1. The summed E-state index contributed by atoms with van der Waals surface area (Å²) in [6.07, 6.45) is 4.21. The number of carbonyl (C=O) groups is 3. The van der Waals surface area contributed by atoms with Gasteiger partial charge in [-0.15, -0.1) is 11.3 Å². The predicted octanol–water partition coefficient (Wildman–Crippen LogP) is 1.85. The highest BCUT2D eigenvalue weighted by molar-refractivity contribution is 7.09. The van der Waals surface area contributed by atoms with Crippen LogP contribution in [0.5, 0.6) is 0 Å². The van der Waals surface area contributed by atoms with Crippen LogP contribution >= 0.6 is 11.3 Å². The number of methoxy groups -OCH3 is 1. The fourth-order valence-electron chi connectivity index (χ4n) is 2.70. The maximum atomic E-state index is 11.8. The second kappa shape index (κ2) is 9.47. The van der Waals surface area contributed by atoms with E-state index in [2.05, 4.69) is 22.5 Å². The normalized spacial score (nSPS) is 19.9. The van der Waals surface area contributed by atoms with E-state index in [1.807, 2.05) is 0 Å². The van der Waals surface area contributed by atoms with Gasteiger partial charge in [0.1, 0.15) is 5.01 Å². The highest BCUT2D eigenvalue weighted by Crippen LogP contribution is 2.23. The van der Waals surface area contributed by atoms with Gasteiger partial charge in [-0.2, -0.15) is 0 Å². The van der Waals surface area contributed by atoms with Crippen LogP contribution in [-0.2, 0) is 20.9 Å². The molecule has 2 N–H and O–H groups in total. The summed E-state index contributed by atoms with van der Waals surface area (Å²) in [6, 6.07) is -0.492. The summed E-state index contributed by atoms with van der Waals surface area (Å²) in [5, 5.41) is 7.15. The highest BCUT2D eigenvalue weighted by Gasteiger charge is 2.23. The number of carbonyl (C=O) groups excluding carboxylic acids is 3. The Hall–Kier alpha value is -2.00. The van der Waals surface area contributed by atoms with Gasteiger partial charge in [-0.05, 0) is 18.8 Å². The molecule has 2 rings (SSSR count). The van der Waals surface area contributed by atoms with E-state index < -0.39 is 24.5 Å². The quantitative estimate of drug-likeness (QED) is 0.741. The molecule has 1 saturated carbocycles. The molecular weight excluding hydrogens is 346 g/mol. The molecule has 1 aliphatic rings. The lowest BCUT2D eigenvalue weighted by Gasteiger charge is -2.29. The van der Waals surface area contributed by atoms with Crippen LogP contribution in [0.1, 0.15) is 48.1 Å². The third-order valence-corrected chi connectivity index (χ3v) is 4.87. The van der Waals surface area contributed by atoms with Crippen molar-refractivity contribution in [3.05, 3.63) is 16.1 Å². The molecule has 8 nitrogen and oxygen atoms in total. The molecule has 0 bridgehead atoms. The SMILES string of the molecule is COCc1nc(C(=O)OCC(=O)NC(=O)NC2CCCCC2C)cs1. The lowest BCUT2D eigenvalue weighted by Crippen LogP contribution is -2.48. The summed E-state index contributed by atoms with van der Waals surface area (Å²) in [5.41, 5.74) is 0.116. The number of nitrogens with zero attached hydrogens (tertiary/aromatic N) is 1. The van der Waals surface area contributed by atoms with E-state index in [4.69, 9.17) is 9.47 Å². The zero-order valence-corrected chi connectivity index (χ0v) is 15.2. The summed E-state index contributed by atoms with van der Waals surface area (Å²) < 4.78 is 9.79. The zero-order chi connectivity index (χ0) is 18.2. The van der Waals surface area contributed by atoms with E-state index in [-0.39, 0.29) is 11.7 Å². The maximum absolute atomic E-state index is 11.8. The van der Waals surface area contributed by atoms with E-state index >= 15 is 0 Å². The van der Waals surface area contributed by atoms with E-state index in [0.29, 0.717) is 17.5 Å². The standard InChI is InChI=1S/C16H23N3O5S/c1-10-5-3-4-6-11(10)18-16(22)19-13(20)7-24-15(21)12-9-25-14(17-12)8-23-2/h9-11H,3-8H2,1-2H3,(H2,18,19,20,22). The molecule has 1 aliphatic carbocycles. The van der Waals surface area contributed by atoms with Crippen LogP contribution in [0, 0.1) is 5.92 Å². The molecule has 1 aromatic rings. The van der Waals surface area contributed by atoms with Gasteiger partial charge < -0.3 is 14.8 Å². The van der Waals surface area contributed by atoms with Gasteiger partial charge in [0.25, 0.3) is 5.91 Å². The smallest absolute Gasteiger partial charge is 0.358 e. The number of esters is 1. The van der Waals surface area contributed by atoms with Crippen molar-refractivity contribution in [1.29, 1.82) is 0 Å². The fourth-order valence-corrected chi connectivity index (χ4v) is 3.43. The lowest BCUT2D eigenvalue weighted by atomic mass is 9.86. The number of ether oxygens (including phenoxy) is 2. The Morgan fingerprint density at radius 2 is 2.08 bits per heavy atom. The number of aromatic nitrogens is 1. The molecule has 1 heterocycles. The second-order valence-corrected chi connectivity index (χ2v) is 6.97.